The standard InChI is InChI=1S/C22H23F3N2O3/c1-2-20(27-30-13-15-3-7-17(8-4-15)22(23,24)25)16-5-11-19(12-6-16)29-14-21(28)26-18-9-10-18/h3-8,11-12,18H,2,9-10,13-14H2,1H3,(H,26,28)/b27-20+. The lowest BCUT2D eigenvalue weighted by Gasteiger charge is -2.09. The summed E-state index contributed by atoms with van der Waals surface area (Å²) in [7, 11) is 0. The summed E-state index contributed by atoms with van der Waals surface area (Å²) < 4.78 is 43.3. The highest BCUT2D eigenvalue weighted by Crippen LogP contribution is 2.29. The zero-order valence-electron chi connectivity index (χ0n) is 16.5. The summed E-state index contributed by atoms with van der Waals surface area (Å²) in [5.41, 5.74) is 1.42. The molecule has 1 aliphatic rings. The third-order valence-corrected chi connectivity index (χ3v) is 4.52. The van der Waals surface area contributed by atoms with Gasteiger partial charge in [0.15, 0.2) is 6.61 Å². The van der Waals surface area contributed by atoms with Crippen LogP contribution in [0.25, 0.3) is 0 Å². The van der Waals surface area contributed by atoms with Crippen LogP contribution in [0, 0.1) is 0 Å². The average molecular weight is 420 g/mol. The molecule has 0 aliphatic heterocycles. The van der Waals surface area contributed by atoms with Crippen molar-refractivity contribution in [1.29, 1.82) is 0 Å². The van der Waals surface area contributed by atoms with E-state index in [4.69, 9.17) is 9.57 Å². The maximum absolute atomic E-state index is 12.6. The molecule has 0 atom stereocenters. The molecule has 1 aliphatic carbocycles. The smallest absolute Gasteiger partial charge is 0.416 e. The largest absolute Gasteiger partial charge is 0.484 e. The monoisotopic (exact) mass is 420 g/mol. The van der Waals surface area contributed by atoms with Gasteiger partial charge in [0.05, 0.1) is 11.3 Å². The Hall–Kier alpha value is -3.03. The molecule has 0 unspecified atom stereocenters. The van der Waals surface area contributed by atoms with Crippen LogP contribution in [0.2, 0.25) is 0 Å². The first-order chi connectivity index (χ1) is 14.3. The molecule has 0 heterocycles. The highest BCUT2D eigenvalue weighted by molar-refractivity contribution is 6.00. The van der Waals surface area contributed by atoms with Crippen LogP contribution in [0.1, 0.15) is 42.9 Å². The van der Waals surface area contributed by atoms with E-state index in [1.807, 2.05) is 19.1 Å². The second-order valence-corrected chi connectivity index (χ2v) is 7.01. The van der Waals surface area contributed by atoms with E-state index in [0.717, 1.165) is 30.5 Å². The summed E-state index contributed by atoms with van der Waals surface area (Å²) >= 11 is 0. The molecule has 1 fully saturated rings. The minimum Gasteiger partial charge on any atom is -0.484 e. The Labute approximate surface area is 172 Å². The summed E-state index contributed by atoms with van der Waals surface area (Å²) in [5, 5.41) is 6.97. The molecule has 1 amide bonds. The first-order valence-electron chi connectivity index (χ1n) is 9.72. The lowest BCUT2D eigenvalue weighted by atomic mass is 10.1. The Morgan fingerprint density at radius 1 is 1.10 bits per heavy atom. The summed E-state index contributed by atoms with van der Waals surface area (Å²) in [4.78, 5) is 17.0. The molecule has 160 valence electrons. The van der Waals surface area contributed by atoms with Crippen molar-refractivity contribution in [3.8, 4) is 5.75 Å². The van der Waals surface area contributed by atoms with Crippen molar-refractivity contribution >= 4 is 11.6 Å². The number of carbonyl (C=O) groups is 1. The van der Waals surface area contributed by atoms with Gasteiger partial charge in [0.25, 0.3) is 5.91 Å². The SMILES string of the molecule is CC/C(=N\OCc1ccc(C(F)(F)F)cc1)c1ccc(OCC(=O)NC2CC2)cc1. The van der Waals surface area contributed by atoms with Crippen molar-refractivity contribution in [3.63, 3.8) is 0 Å². The van der Waals surface area contributed by atoms with E-state index in [0.29, 0.717) is 29.5 Å². The number of amides is 1. The van der Waals surface area contributed by atoms with Crippen LogP contribution >= 0.6 is 0 Å². The molecule has 2 aromatic rings. The number of benzene rings is 2. The van der Waals surface area contributed by atoms with Gasteiger partial charge in [0, 0.05) is 6.04 Å². The number of carbonyl (C=O) groups excluding carboxylic acids is 1. The van der Waals surface area contributed by atoms with Gasteiger partial charge >= 0.3 is 6.18 Å². The van der Waals surface area contributed by atoms with Gasteiger partial charge in [-0.3, -0.25) is 4.79 Å². The lowest BCUT2D eigenvalue weighted by Crippen LogP contribution is -2.30. The molecule has 0 radical (unpaired) electrons. The zero-order valence-corrected chi connectivity index (χ0v) is 16.5. The molecular formula is C22H23F3N2O3. The Morgan fingerprint density at radius 3 is 2.33 bits per heavy atom. The Morgan fingerprint density at radius 2 is 1.77 bits per heavy atom. The van der Waals surface area contributed by atoms with Crippen LogP contribution in [0.15, 0.2) is 53.7 Å². The fourth-order valence-electron chi connectivity index (χ4n) is 2.69. The van der Waals surface area contributed by atoms with Crippen molar-refractivity contribution < 1.29 is 27.5 Å². The summed E-state index contributed by atoms with van der Waals surface area (Å²) in [6, 6.07) is 12.2. The molecule has 0 saturated heterocycles. The second-order valence-electron chi connectivity index (χ2n) is 7.01. The number of nitrogens with one attached hydrogen (secondary N) is 1. The number of rotatable bonds is 9. The number of nitrogens with zero attached hydrogens (tertiary/aromatic N) is 1. The number of hydrogen-bond acceptors (Lipinski definition) is 4. The number of ether oxygens (including phenoxy) is 1. The van der Waals surface area contributed by atoms with Crippen molar-refractivity contribution in [1.82, 2.24) is 5.32 Å². The predicted octanol–water partition coefficient (Wildman–Crippen LogP) is 4.69. The highest BCUT2D eigenvalue weighted by atomic mass is 19.4. The van der Waals surface area contributed by atoms with Crippen LogP contribution in [0.5, 0.6) is 5.75 Å². The van der Waals surface area contributed by atoms with Crippen molar-refractivity contribution in [2.75, 3.05) is 6.61 Å². The molecule has 30 heavy (non-hydrogen) atoms. The fraction of sp³-hybridized carbons (Fsp3) is 0.364. The van der Waals surface area contributed by atoms with Crippen LogP contribution in [-0.4, -0.2) is 24.3 Å². The van der Waals surface area contributed by atoms with Crippen LogP contribution in [0.4, 0.5) is 13.2 Å². The molecule has 1 N–H and O–H groups in total. The van der Waals surface area contributed by atoms with E-state index < -0.39 is 11.7 Å². The molecule has 1 saturated carbocycles. The summed E-state index contributed by atoms with van der Waals surface area (Å²) in [6.45, 7) is 1.96. The van der Waals surface area contributed by atoms with Crippen molar-refractivity contribution in [3.05, 3.63) is 65.2 Å². The number of halogens is 3. The van der Waals surface area contributed by atoms with Gasteiger partial charge in [-0.1, -0.05) is 24.2 Å². The third kappa shape index (κ3) is 6.50. The van der Waals surface area contributed by atoms with Crippen LogP contribution < -0.4 is 10.1 Å². The van der Waals surface area contributed by atoms with Gasteiger partial charge < -0.3 is 14.9 Å². The fourth-order valence-corrected chi connectivity index (χ4v) is 2.69. The molecule has 3 rings (SSSR count). The van der Waals surface area contributed by atoms with E-state index in [2.05, 4.69) is 10.5 Å². The van der Waals surface area contributed by atoms with E-state index in [-0.39, 0.29) is 19.1 Å². The molecule has 8 heteroatoms. The molecule has 2 aromatic carbocycles. The Bertz CT molecular complexity index is 874. The third-order valence-electron chi connectivity index (χ3n) is 4.52. The minimum atomic E-state index is -4.36. The van der Waals surface area contributed by atoms with E-state index in [1.165, 1.54) is 12.1 Å². The number of alkyl halides is 3. The van der Waals surface area contributed by atoms with Crippen molar-refractivity contribution in [2.24, 2.45) is 5.16 Å². The molecular weight excluding hydrogens is 397 g/mol. The Kier molecular flexibility index (Phi) is 6.97. The Balaban J connectivity index is 1.51. The van der Waals surface area contributed by atoms with Crippen LogP contribution in [0.3, 0.4) is 0 Å². The lowest BCUT2D eigenvalue weighted by molar-refractivity contribution is -0.137. The van der Waals surface area contributed by atoms with Gasteiger partial charge in [-0.05, 0) is 66.8 Å². The van der Waals surface area contributed by atoms with Gasteiger partial charge in [-0.2, -0.15) is 13.2 Å². The number of oxime groups is 1. The molecule has 0 aromatic heterocycles. The van der Waals surface area contributed by atoms with Gasteiger partial charge in [0.2, 0.25) is 0 Å². The maximum atomic E-state index is 12.6. The average Bonchev–Trinajstić information content (AvgIpc) is 3.54. The molecule has 0 bridgehead atoms. The number of hydrogen-bond donors (Lipinski definition) is 1. The topological polar surface area (TPSA) is 59.9 Å². The quantitative estimate of drug-likeness (QED) is 0.473. The summed E-state index contributed by atoms with van der Waals surface area (Å²) in [6.07, 6.45) is -1.69. The van der Waals surface area contributed by atoms with Gasteiger partial charge in [0.1, 0.15) is 12.4 Å². The van der Waals surface area contributed by atoms with E-state index in [9.17, 15) is 18.0 Å². The van der Waals surface area contributed by atoms with E-state index >= 15 is 0 Å². The maximum Gasteiger partial charge on any atom is 0.416 e. The van der Waals surface area contributed by atoms with Crippen molar-refractivity contribution in [2.45, 2.75) is 45.0 Å². The summed E-state index contributed by atoms with van der Waals surface area (Å²) in [5.74, 6) is 0.444. The zero-order chi connectivity index (χ0) is 21.6. The predicted molar refractivity (Wildman–Crippen MR) is 106 cm³/mol. The first kappa shape index (κ1) is 21.7. The molecule has 5 nitrogen and oxygen atoms in total. The van der Waals surface area contributed by atoms with E-state index in [1.54, 1.807) is 12.1 Å². The minimum absolute atomic E-state index is 0.0270. The van der Waals surface area contributed by atoms with Gasteiger partial charge in [-0.25, -0.2) is 0 Å². The van der Waals surface area contributed by atoms with Gasteiger partial charge in [-0.15, -0.1) is 0 Å². The highest BCUT2D eigenvalue weighted by Gasteiger charge is 2.29. The first-order valence-corrected chi connectivity index (χ1v) is 9.72. The second kappa shape index (κ2) is 9.65. The molecule has 0 spiro atoms. The normalized spacial score (nSPS) is 14.3. The van der Waals surface area contributed by atoms with Crippen LogP contribution in [-0.2, 0) is 22.4 Å².